The second-order valence-corrected chi connectivity index (χ2v) is 7.49. The van der Waals surface area contributed by atoms with Gasteiger partial charge in [0, 0.05) is 51.8 Å². The quantitative estimate of drug-likeness (QED) is 0.659. The lowest BCUT2D eigenvalue weighted by Gasteiger charge is -2.36. The van der Waals surface area contributed by atoms with Gasteiger partial charge >= 0.3 is 0 Å². The number of carbonyl (C=O) groups excluding carboxylic acids is 1. The maximum Gasteiger partial charge on any atom is 0.255 e. The van der Waals surface area contributed by atoms with Crippen LogP contribution in [0.4, 0.5) is 0 Å². The number of aliphatic hydroxyl groups is 1. The summed E-state index contributed by atoms with van der Waals surface area (Å²) in [6.45, 7) is 4.41. The van der Waals surface area contributed by atoms with Crippen LogP contribution in [0.3, 0.4) is 0 Å². The maximum absolute atomic E-state index is 12.8. The van der Waals surface area contributed by atoms with Crippen LogP contribution in [-0.2, 0) is 4.74 Å². The molecule has 2 aliphatic rings. The Morgan fingerprint density at radius 2 is 2.24 bits per heavy atom. The van der Waals surface area contributed by atoms with Gasteiger partial charge in [-0.1, -0.05) is 0 Å². The highest BCUT2D eigenvalue weighted by Gasteiger charge is 2.28. The first-order valence-corrected chi connectivity index (χ1v) is 10.1. The van der Waals surface area contributed by atoms with E-state index in [4.69, 9.17) is 14.2 Å². The zero-order chi connectivity index (χ0) is 20.6. The molecule has 2 atom stereocenters. The highest BCUT2D eigenvalue weighted by Crippen LogP contribution is 2.35. The molecule has 1 aromatic carbocycles. The van der Waals surface area contributed by atoms with Gasteiger partial charge in [0.1, 0.15) is 0 Å². The van der Waals surface area contributed by atoms with Gasteiger partial charge in [0.15, 0.2) is 11.5 Å². The van der Waals surface area contributed by atoms with Crippen LogP contribution in [0.1, 0.15) is 35.2 Å². The largest absolute Gasteiger partial charge is 0.489 e. The number of fused-ring (bicyclic) bond motifs is 1. The second kappa shape index (κ2) is 10.4. The van der Waals surface area contributed by atoms with Crippen molar-refractivity contribution in [3.63, 3.8) is 0 Å². The molecule has 1 saturated heterocycles. The Morgan fingerprint density at radius 3 is 3.00 bits per heavy atom. The highest BCUT2D eigenvalue weighted by molar-refractivity contribution is 5.98. The lowest BCUT2D eigenvalue weighted by molar-refractivity contribution is 0.0192. The number of nitrogens with one attached hydrogen (secondary N) is 1. The molecule has 3 rings (SSSR count). The van der Waals surface area contributed by atoms with Crippen molar-refractivity contribution in [1.82, 2.24) is 10.2 Å². The van der Waals surface area contributed by atoms with Crippen LogP contribution in [0.5, 0.6) is 11.5 Å². The van der Waals surface area contributed by atoms with Crippen LogP contribution in [0, 0.1) is 17.2 Å². The molecule has 8 nitrogen and oxygen atoms in total. The third-order valence-corrected chi connectivity index (χ3v) is 5.37. The van der Waals surface area contributed by atoms with E-state index in [0.717, 1.165) is 25.9 Å². The summed E-state index contributed by atoms with van der Waals surface area (Å²) in [4.78, 5) is 15.0. The number of likely N-dealkylation sites (tertiary alicyclic amines) is 1. The lowest BCUT2D eigenvalue weighted by Crippen LogP contribution is -2.48. The molecule has 0 aliphatic carbocycles. The predicted octanol–water partition coefficient (Wildman–Crippen LogP) is 1.17. The lowest BCUT2D eigenvalue weighted by atomic mass is 9.93. The van der Waals surface area contributed by atoms with Gasteiger partial charge in [0.2, 0.25) is 0 Å². The van der Waals surface area contributed by atoms with Gasteiger partial charge in [-0.2, -0.15) is 5.26 Å². The Bertz CT molecular complexity index is 749. The highest BCUT2D eigenvalue weighted by atomic mass is 16.5. The number of benzene rings is 1. The Kier molecular flexibility index (Phi) is 7.69. The molecule has 0 aromatic heterocycles. The minimum Gasteiger partial charge on any atom is -0.489 e. The number of hydrogen-bond donors (Lipinski definition) is 2. The predicted molar refractivity (Wildman–Crippen MR) is 106 cm³/mol. The van der Waals surface area contributed by atoms with Crippen molar-refractivity contribution in [2.75, 3.05) is 53.1 Å². The molecule has 0 bridgehead atoms. The van der Waals surface area contributed by atoms with Crippen LogP contribution in [0.15, 0.2) is 12.1 Å². The van der Waals surface area contributed by atoms with Crippen molar-refractivity contribution in [2.45, 2.75) is 25.4 Å². The van der Waals surface area contributed by atoms with Crippen LogP contribution in [-0.4, -0.2) is 75.1 Å². The van der Waals surface area contributed by atoms with Gasteiger partial charge < -0.3 is 29.5 Å². The number of nitrogens with zero attached hydrogens (tertiary/aromatic N) is 2. The molecule has 1 amide bonds. The number of methoxy groups -OCH3 is 1. The molecule has 1 unspecified atom stereocenters. The van der Waals surface area contributed by atoms with Gasteiger partial charge in [-0.15, -0.1) is 0 Å². The molecular weight excluding hydrogens is 374 g/mol. The van der Waals surface area contributed by atoms with E-state index in [2.05, 4.69) is 16.3 Å². The number of β-amino-alcohol motifs (C(OH)–C–C–N with tert-alkyl or cyclic N) is 1. The average molecular weight is 403 g/mol. The topological polar surface area (TPSA) is 104 Å². The van der Waals surface area contributed by atoms with Gasteiger partial charge in [-0.05, 0) is 25.5 Å². The number of amides is 1. The molecule has 0 saturated carbocycles. The van der Waals surface area contributed by atoms with Gasteiger partial charge in [0.05, 0.1) is 36.5 Å². The van der Waals surface area contributed by atoms with Crippen LogP contribution < -0.4 is 14.8 Å². The van der Waals surface area contributed by atoms with Crippen LogP contribution in [0.2, 0.25) is 0 Å². The number of rotatable bonds is 7. The number of aliphatic hydroxyl groups excluding tert-OH is 1. The van der Waals surface area contributed by atoms with E-state index < -0.39 is 6.10 Å². The van der Waals surface area contributed by atoms with Crippen LogP contribution >= 0.6 is 0 Å². The number of carbonyl (C=O) groups is 1. The normalized spacial score (nSPS) is 21.8. The van der Waals surface area contributed by atoms with Gasteiger partial charge in [0.25, 0.3) is 5.91 Å². The molecular formula is C21H29N3O5. The van der Waals surface area contributed by atoms with E-state index in [1.165, 1.54) is 6.07 Å². The summed E-state index contributed by atoms with van der Waals surface area (Å²) in [6.07, 6.45) is 1.97. The summed E-state index contributed by atoms with van der Waals surface area (Å²) in [5, 5.41) is 22.6. The Morgan fingerprint density at radius 1 is 1.41 bits per heavy atom. The summed E-state index contributed by atoms with van der Waals surface area (Å²) in [5.74, 6) is 0.481. The Labute approximate surface area is 171 Å². The minimum atomic E-state index is -0.492. The van der Waals surface area contributed by atoms with E-state index in [9.17, 15) is 15.2 Å². The molecule has 2 N–H and O–H groups in total. The second-order valence-electron chi connectivity index (χ2n) is 7.49. The summed E-state index contributed by atoms with van der Waals surface area (Å²) in [7, 11) is 1.69. The molecule has 1 aromatic rings. The molecule has 1 fully saturated rings. The molecule has 29 heavy (non-hydrogen) atoms. The van der Waals surface area contributed by atoms with E-state index in [0.29, 0.717) is 62.0 Å². The first-order chi connectivity index (χ1) is 14.1. The third-order valence-electron chi connectivity index (χ3n) is 5.37. The molecule has 0 spiro atoms. The maximum atomic E-state index is 12.8. The zero-order valence-electron chi connectivity index (χ0n) is 16.9. The van der Waals surface area contributed by atoms with Gasteiger partial charge in [-0.25, -0.2) is 0 Å². The van der Waals surface area contributed by atoms with Crippen LogP contribution in [0.25, 0.3) is 0 Å². The third kappa shape index (κ3) is 5.60. The fraction of sp³-hybridized carbons (Fsp3) is 0.619. The summed E-state index contributed by atoms with van der Waals surface area (Å²) < 4.78 is 16.4. The molecule has 0 radical (unpaired) electrons. The standard InChI is InChI=1S/C21H29N3O5/c1-27-7-2-5-24-6-4-16(18(25)14-24)13-23-21(26)17-10-15(12-22)11-19-20(17)29-9-3-8-28-19/h10-11,16,18,25H,2-9,13-14H2,1H3,(H,23,26)/t16-,18?/m0/s1. The van der Waals surface area contributed by atoms with E-state index in [-0.39, 0.29) is 11.8 Å². The van der Waals surface area contributed by atoms with Crippen molar-refractivity contribution in [3.8, 4) is 17.6 Å². The first kappa shape index (κ1) is 21.4. The number of piperidine rings is 1. The monoisotopic (exact) mass is 403 g/mol. The van der Waals surface area contributed by atoms with E-state index in [1.54, 1.807) is 13.2 Å². The Hall–Kier alpha value is -2.34. The number of hydrogen-bond acceptors (Lipinski definition) is 7. The first-order valence-electron chi connectivity index (χ1n) is 10.1. The van der Waals surface area contributed by atoms with Crippen molar-refractivity contribution in [2.24, 2.45) is 5.92 Å². The number of ether oxygens (including phenoxy) is 3. The SMILES string of the molecule is COCCCN1CC[C@@H](CNC(=O)c2cc(C#N)cc3c2OCCCO3)C(O)C1. The van der Waals surface area contributed by atoms with E-state index >= 15 is 0 Å². The smallest absolute Gasteiger partial charge is 0.255 e. The molecule has 2 heterocycles. The fourth-order valence-corrected chi connectivity index (χ4v) is 3.75. The summed E-state index contributed by atoms with van der Waals surface area (Å²) in [6, 6.07) is 5.18. The van der Waals surface area contributed by atoms with Crippen molar-refractivity contribution < 1.29 is 24.1 Å². The number of nitriles is 1. The van der Waals surface area contributed by atoms with Crippen molar-refractivity contribution in [3.05, 3.63) is 23.3 Å². The summed E-state index contributed by atoms with van der Waals surface area (Å²) >= 11 is 0. The van der Waals surface area contributed by atoms with Gasteiger partial charge in [-0.3, -0.25) is 4.79 Å². The average Bonchev–Trinajstić information content (AvgIpc) is 2.97. The Balaban J connectivity index is 1.59. The summed E-state index contributed by atoms with van der Waals surface area (Å²) in [5.41, 5.74) is 0.649. The van der Waals surface area contributed by atoms with Crippen molar-refractivity contribution >= 4 is 5.91 Å². The zero-order valence-corrected chi connectivity index (χ0v) is 16.9. The molecule has 8 heteroatoms. The minimum absolute atomic E-state index is 0.00690. The van der Waals surface area contributed by atoms with E-state index in [1.807, 2.05) is 0 Å². The van der Waals surface area contributed by atoms with Crippen molar-refractivity contribution in [1.29, 1.82) is 5.26 Å². The fourth-order valence-electron chi connectivity index (χ4n) is 3.75. The molecule has 158 valence electrons. The molecule has 2 aliphatic heterocycles.